The maximum absolute atomic E-state index is 5.88. The van der Waals surface area contributed by atoms with Gasteiger partial charge in [-0.15, -0.1) is 0 Å². The van der Waals surface area contributed by atoms with Crippen LogP contribution in [0.3, 0.4) is 0 Å². The second kappa shape index (κ2) is 6.42. The van der Waals surface area contributed by atoms with Crippen LogP contribution < -0.4 is 14.8 Å². The molecule has 0 aliphatic heterocycles. The number of aromatic nitrogens is 2. The van der Waals surface area contributed by atoms with E-state index >= 15 is 0 Å². The lowest BCUT2D eigenvalue weighted by molar-refractivity contribution is 0.0943. The largest absolute Gasteiger partial charge is 0.489 e. The van der Waals surface area contributed by atoms with Crippen LogP contribution in [0.5, 0.6) is 11.6 Å². The molecule has 0 bridgehead atoms. The van der Waals surface area contributed by atoms with Crippen molar-refractivity contribution >= 4 is 5.82 Å². The highest BCUT2D eigenvalue weighted by atomic mass is 16.5. The predicted octanol–water partition coefficient (Wildman–Crippen LogP) is 2.87. The highest BCUT2D eigenvalue weighted by Gasteiger charge is 2.22. The molecule has 0 unspecified atom stereocenters. The number of hydrogen-bond acceptors (Lipinski definition) is 5. The van der Waals surface area contributed by atoms with Gasteiger partial charge >= 0.3 is 0 Å². The molecule has 0 aromatic carbocycles. The van der Waals surface area contributed by atoms with Gasteiger partial charge in [0.2, 0.25) is 5.75 Å². The first-order chi connectivity index (χ1) is 8.54. The molecule has 18 heavy (non-hydrogen) atoms. The van der Waals surface area contributed by atoms with Crippen molar-refractivity contribution < 1.29 is 9.47 Å². The van der Waals surface area contributed by atoms with E-state index in [-0.39, 0.29) is 5.60 Å². The van der Waals surface area contributed by atoms with Gasteiger partial charge < -0.3 is 14.8 Å². The SMILES string of the molecule is CCCNc1ncnc(OC(C)(C)CC)c1OC. The standard InChI is InChI=1S/C13H23N3O2/c1-6-8-14-11-10(17-5)12(16-9-15-11)18-13(3,4)7-2/h9H,6-8H2,1-5H3,(H,14,15,16). The number of nitrogens with zero attached hydrogens (tertiary/aromatic N) is 2. The van der Waals surface area contributed by atoms with Crippen LogP contribution in [0.25, 0.3) is 0 Å². The van der Waals surface area contributed by atoms with Crippen LogP contribution in [0.15, 0.2) is 6.33 Å². The molecule has 0 spiro atoms. The second-order valence-electron chi connectivity index (χ2n) is 4.70. The van der Waals surface area contributed by atoms with E-state index in [2.05, 4.69) is 29.1 Å². The van der Waals surface area contributed by atoms with Crippen LogP contribution in [-0.2, 0) is 0 Å². The van der Waals surface area contributed by atoms with Crippen LogP contribution >= 0.6 is 0 Å². The van der Waals surface area contributed by atoms with Crippen molar-refractivity contribution in [2.75, 3.05) is 19.0 Å². The molecule has 0 aliphatic carbocycles. The maximum Gasteiger partial charge on any atom is 0.263 e. The first kappa shape index (κ1) is 14.5. The van der Waals surface area contributed by atoms with E-state index in [9.17, 15) is 0 Å². The minimum Gasteiger partial charge on any atom is -0.489 e. The Morgan fingerprint density at radius 3 is 2.56 bits per heavy atom. The molecular formula is C13H23N3O2. The molecular weight excluding hydrogens is 230 g/mol. The fourth-order valence-corrected chi connectivity index (χ4v) is 1.32. The van der Waals surface area contributed by atoms with E-state index in [0.717, 1.165) is 19.4 Å². The van der Waals surface area contributed by atoms with Gasteiger partial charge in [-0.05, 0) is 26.7 Å². The van der Waals surface area contributed by atoms with Crippen molar-refractivity contribution in [1.29, 1.82) is 0 Å². The number of anilines is 1. The van der Waals surface area contributed by atoms with Crippen LogP contribution in [-0.4, -0.2) is 29.2 Å². The van der Waals surface area contributed by atoms with E-state index in [1.54, 1.807) is 7.11 Å². The Morgan fingerprint density at radius 1 is 1.28 bits per heavy atom. The first-order valence-electron chi connectivity index (χ1n) is 6.36. The van der Waals surface area contributed by atoms with Gasteiger partial charge in [-0.25, -0.2) is 4.98 Å². The quantitative estimate of drug-likeness (QED) is 0.809. The van der Waals surface area contributed by atoms with Crippen LogP contribution in [0.2, 0.25) is 0 Å². The third-order valence-corrected chi connectivity index (χ3v) is 2.74. The summed E-state index contributed by atoms with van der Waals surface area (Å²) in [7, 11) is 1.60. The maximum atomic E-state index is 5.88. The van der Waals surface area contributed by atoms with Gasteiger partial charge in [0.15, 0.2) is 5.82 Å². The Hall–Kier alpha value is -1.52. The smallest absolute Gasteiger partial charge is 0.263 e. The minimum atomic E-state index is -0.274. The summed E-state index contributed by atoms with van der Waals surface area (Å²) < 4.78 is 11.2. The fraction of sp³-hybridized carbons (Fsp3) is 0.692. The molecule has 0 saturated heterocycles. The van der Waals surface area contributed by atoms with E-state index < -0.39 is 0 Å². The molecule has 5 nitrogen and oxygen atoms in total. The lowest BCUT2D eigenvalue weighted by atomic mass is 10.1. The third-order valence-electron chi connectivity index (χ3n) is 2.74. The van der Waals surface area contributed by atoms with E-state index in [1.165, 1.54) is 6.33 Å². The Morgan fingerprint density at radius 2 is 2.00 bits per heavy atom. The minimum absolute atomic E-state index is 0.274. The summed E-state index contributed by atoms with van der Waals surface area (Å²) in [5.41, 5.74) is -0.274. The van der Waals surface area contributed by atoms with Crippen molar-refractivity contribution in [2.24, 2.45) is 0 Å². The summed E-state index contributed by atoms with van der Waals surface area (Å²) in [4.78, 5) is 8.33. The molecule has 1 N–H and O–H groups in total. The Balaban J connectivity index is 2.97. The summed E-state index contributed by atoms with van der Waals surface area (Å²) in [6, 6.07) is 0. The predicted molar refractivity (Wildman–Crippen MR) is 72.4 cm³/mol. The Bertz CT molecular complexity index is 380. The van der Waals surface area contributed by atoms with Crippen molar-refractivity contribution in [2.45, 2.75) is 46.1 Å². The summed E-state index contributed by atoms with van der Waals surface area (Å²) in [6.45, 7) is 9.05. The summed E-state index contributed by atoms with van der Waals surface area (Å²) in [5.74, 6) is 1.72. The van der Waals surface area contributed by atoms with Crippen LogP contribution in [0.1, 0.15) is 40.5 Å². The molecule has 1 rings (SSSR count). The van der Waals surface area contributed by atoms with Gasteiger partial charge in [0.25, 0.3) is 5.88 Å². The molecule has 0 fully saturated rings. The lowest BCUT2D eigenvalue weighted by Crippen LogP contribution is -2.27. The lowest BCUT2D eigenvalue weighted by Gasteiger charge is -2.25. The van der Waals surface area contributed by atoms with E-state index in [1.807, 2.05) is 13.8 Å². The van der Waals surface area contributed by atoms with Crippen LogP contribution in [0.4, 0.5) is 5.82 Å². The zero-order valence-electron chi connectivity index (χ0n) is 11.9. The molecule has 1 aromatic heterocycles. The molecule has 0 aliphatic rings. The topological polar surface area (TPSA) is 56.3 Å². The average molecular weight is 253 g/mol. The molecule has 0 saturated carbocycles. The van der Waals surface area contributed by atoms with Crippen LogP contribution in [0, 0.1) is 0 Å². The summed E-state index contributed by atoms with van der Waals surface area (Å²) in [5, 5.41) is 3.20. The molecule has 1 heterocycles. The highest BCUT2D eigenvalue weighted by Crippen LogP contribution is 2.33. The van der Waals surface area contributed by atoms with Gasteiger partial charge in [0, 0.05) is 6.54 Å². The van der Waals surface area contributed by atoms with Gasteiger partial charge in [-0.3, -0.25) is 0 Å². The summed E-state index contributed by atoms with van der Waals surface area (Å²) in [6.07, 6.45) is 3.39. The molecule has 0 amide bonds. The van der Waals surface area contributed by atoms with Gasteiger partial charge in [-0.2, -0.15) is 4.98 Å². The van der Waals surface area contributed by atoms with Crippen molar-refractivity contribution in [3.8, 4) is 11.6 Å². The Labute approximate surface area is 109 Å². The zero-order valence-corrected chi connectivity index (χ0v) is 11.9. The van der Waals surface area contributed by atoms with Crippen molar-refractivity contribution in [1.82, 2.24) is 9.97 Å². The molecule has 5 heteroatoms. The number of ether oxygens (including phenoxy) is 2. The number of hydrogen-bond donors (Lipinski definition) is 1. The third kappa shape index (κ3) is 3.75. The number of nitrogens with one attached hydrogen (secondary N) is 1. The normalized spacial score (nSPS) is 11.2. The monoisotopic (exact) mass is 253 g/mol. The van der Waals surface area contributed by atoms with Crippen molar-refractivity contribution in [3.05, 3.63) is 6.33 Å². The van der Waals surface area contributed by atoms with Gasteiger partial charge in [0.1, 0.15) is 11.9 Å². The first-order valence-corrected chi connectivity index (χ1v) is 6.36. The van der Waals surface area contributed by atoms with E-state index in [0.29, 0.717) is 17.4 Å². The van der Waals surface area contributed by atoms with Crippen molar-refractivity contribution in [3.63, 3.8) is 0 Å². The number of methoxy groups -OCH3 is 1. The van der Waals surface area contributed by atoms with Gasteiger partial charge in [-0.1, -0.05) is 13.8 Å². The summed E-state index contributed by atoms with van der Waals surface area (Å²) >= 11 is 0. The Kier molecular flexibility index (Phi) is 5.19. The molecule has 0 atom stereocenters. The number of rotatable bonds is 7. The van der Waals surface area contributed by atoms with E-state index in [4.69, 9.17) is 9.47 Å². The van der Waals surface area contributed by atoms with Gasteiger partial charge in [0.05, 0.1) is 7.11 Å². The fourth-order valence-electron chi connectivity index (χ4n) is 1.32. The second-order valence-corrected chi connectivity index (χ2v) is 4.70. The molecule has 102 valence electrons. The molecule has 0 radical (unpaired) electrons. The average Bonchev–Trinajstić information content (AvgIpc) is 2.36. The molecule has 1 aromatic rings. The highest BCUT2D eigenvalue weighted by molar-refractivity contribution is 5.55. The zero-order chi connectivity index (χ0) is 13.6.